The maximum absolute atomic E-state index is 10.9. The molecule has 0 unspecified atom stereocenters. The Hall–Kier alpha value is -1.55. The molecule has 0 saturated heterocycles. The number of rotatable bonds is 5. The van der Waals surface area contributed by atoms with Crippen molar-refractivity contribution in [2.45, 2.75) is 13.3 Å². The molecule has 16 heavy (non-hydrogen) atoms. The number of carbonyl (C=O) groups is 1. The quantitative estimate of drug-likeness (QED) is 0.767. The van der Waals surface area contributed by atoms with E-state index in [1.54, 1.807) is 7.11 Å². The number of aryl methyl sites for hydroxylation is 1. The van der Waals surface area contributed by atoms with Gasteiger partial charge in [0.25, 0.3) is 0 Å². The van der Waals surface area contributed by atoms with E-state index in [1.165, 1.54) is 5.56 Å². The lowest BCUT2D eigenvalue weighted by Gasteiger charge is -2.08. The number of ether oxygens (including phenoxy) is 1. The molecule has 0 bridgehead atoms. The van der Waals surface area contributed by atoms with E-state index in [2.05, 4.69) is 11.4 Å². The lowest BCUT2D eigenvalue weighted by molar-refractivity contribution is -0.119. The summed E-state index contributed by atoms with van der Waals surface area (Å²) in [5.74, 6) is 0.764. The summed E-state index contributed by atoms with van der Waals surface area (Å²) < 4.78 is 5.17. The van der Waals surface area contributed by atoms with Gasteiger partial charge in [0.05, 0.1) is 13.7 Å². The molecule has 0 saturated carbocycles. The van der Waals surface area contributed by atoms with Gasteiger partial charge in [-0.2, -0.15) is 0 Å². The van der Waals surface area contributed by atoms with Crippen LogP contribution in [-0.2, 0) is 11.2 Å². The monoisotopic (exact) mass is 222 g/mol. The SMILES string of the molecule is COc1ccc(CCNC(=O)CN)cc1C. The van der Waals surface area contributed by atoms with Gasteiger partial charge in [-0.25, -0.2) is 0 Å². The third kappa shape index (κ3) is 3.55. The Morgan fingerprint density at radius 1 is 1.50 bits per heavy atom. The Kier molecular flexibility index (Phi) is 4.79. The molecule has 0 fully saturated rings. The van der Waals surface area contributed by atoms with Gasteiger partial charge in [-0.15, -0.1) is 0 Å². The summed E-state index contributed by atoms with van der Waals surface area (Å²) in [7, 11) is 1.66. The fourth-order valence-corrected chi connectivity index (χ4v) is 1.51. The summed E-state index contributed by atoms with van der Waals surface area (Å²) in [5, 5.41) is 2.73. The van der Waals surface area contributed by atoms with Crippen molar-refractivity contribution >= 4 is 5.91 Å². The maximum Gasteiger partial charge on any atom is 0.233 e. The van der Waals surface area contributed by atoms with E-state index in [0.29, 0.717) is 6.54 Å². The molecule has 0 aliphatic heterocycles. The standard InChI is InChI=1S/C12H18N2O2/c1-9-7-10(3-4-11(9)16-2)5-6-14-12(15)8-13/h3-4,7H,5-6,8,13H2,1-2H3,(H,14,15). The molecule has 1 aromatic rings. The maximum atomic E-state index is 10.9. The first-order valence-electron chi connectivity index (χ1n) is 5.27. The number of amides is 1. The molecule has 0 heterocycles. The molecular formula is C12H18N2O2. The highest BCUT2D eigenvalue weighted by Gasteiger charge is 2.01. The van der Waals surface area contributed by atoms with Crippen LogP contribution in [0.1, 0.15) is 11.1 Å². The predicted octanol–water partition coefficient (Wildman–Crippen LogP) is 0.621. The summed E-state index contributed by atoms with van der Waals surface area (Å²) in [6.07, 6.45) is 0.802. The highest BCUT2D eigenvalue weighted by Crippen LogP contribution is 2.18. The van der Waals surface area contributed by atoms with Crippen LogP contribution in [0.25, 0.3) is 0 Å². The van der Waals surface area contributed by atoms with Crippen LogP contribution in [0.5, 0.6) is 5.75 Å². The van der Waals surface area contributed by atoms with Gasteiger partial charge < -0.3 is 15.8 Å². The van der Waals surface area contributed by atoms with Gasteiger partial charge in [-0.1, -0.05) is 12.1 Å². The number of carbonyl (C=O) groups excluding carboxylic acids is 1. The third-order valence-electron chi connectivity index (χ3n) is 2.38. The summed E-state index contributed by atoms with van der Waals surface area (Å²) >= 11 is 0. The fourth-order valence-electron chi connectivity index (χ4n) is 1.51. The molecular weight excluding hydrogens is 204 g/mol. The molecule has 1 aromatic carbocycles. The van der Waals surface area contributed by atoms with Crippen molar-refractivity contribution in [1.29, 1.82) is 0 Å². The molecule has 4 nitrogen and oxygen atoms in total. The van der Waals surface area contributed by atoms with E-state index in [9.17, 15) is 4.79 Å². The van der Waals surface area contributed by atoms with Crippen LogP contribution in [0.15, 0.2) is 18.2 Å². The molecule has 0 aliphatic carbocycles. The van der Waals surface area contributed by atoms with Crippen LogP contribution >= 0.6 is 0 Å². The molecule has 88 valence electrons. The summed E-state index contributed by atoms with van der Waals surface area (Å²) in [6, 6.07) is 6.00. The van der Waals surface area contributed by atoms with Crippen molar-refractivity contribution in [3.63, 3.8) is 0 Å². The Bertz CT molecular complexity index is 364. The van der Waals surface area contributed by atoms with E-state index >= 15 is 0 Å². The molecule has 4 heteroatoms. The minimum absolute atomic E-state index is 0.0433. The molecule has 1 rings (SSSR count). The minimum atomic E-state index is -0.120. The van der Waals surface area contributed by atoms with Crippen LogP contribution in [-0.4, -0.2) is 26.1 Å². The summed E-state index contributed by atoms with van der Waals surface area (Å²) in [6.45, 7) is 2.66. The largest absolute Gasteiger partial charge is 0.496 e. The zero-order valence-electron chi connectivity index (χ0n) is 9.75. The van der Waals surface area contributed by atoms with Gasteiger partial charge in [0.15, 0.2) is 0 Å². The van der Waals surface area contributed by atoms with Crippen LogP contribution in [0.4, 0.5) is 0 Å². The molecule has 3 N–H and O–H groups in total. The molecule has 0 radical (unpaired) electrons. The normalized spacial score (nSPS) is 9.94. The number of hydrogen-bond acceptors (Lipinski definition) is 3. The van der Waals surface area contributed by atoms with Crippen molar-refractivity contribution < 1.29 is 9.53 Å². The average Bonchev–Trinajstić information content (AvgIpc) is 2.29. The van der Waals surface area contributed by atoms with Gasteiger partial charge >= 0.3 is 0 Å². The van der Waals surface area contributed by atoms with E-state index in [-0.39, 0.29) is 12.5 Å². The second kappa shape index (κ2) is 6.12. The summed E-state index contributed by atoms with van der Waals surface area (Å²) in [5.41, 5.74) is 7.46. The van der Waals surface area contributed by atoms with E-state index in [0.717, 1.165) is 17.7 Å². The van der Waals surface area contributed by atoms with Crippen LogP contribution in [0.3, 0.4) is 0 Å². The van der Waals surface area contributed by atoms with Gasteiger partial charge in [-0.3, -0.25) is 4.79 Å². The Morgan fingerprint density at radius 3 is 2.81 bits per heavy atom. The molecule has 0 aliphatic rings. The van der Waals surface area contributed by atoms with Gasteiger partial charge in [0.1, 0.15) is 5.75 Å². The second-order valence-electron chi connectivity index (χ2n) is 3.61. The molecule has 1 amide bonds. The van der Waals surface area contributed by atoms with Crippen molar-refractivity contribution in [3.05, 3.63) is 29.3 Å². The van der Waals surface area contributed by atoms with Crippen LogP contribution < -0.4 is 15.8 Å². The molecule has 0 aromatic heterocycles. The van der Waals surface area contributed by atoms with Crippen molar-refractivity contribution in [2.75, 3.05) is 20.2 Å². The Labute approximate surface area is 95.8 Å². The lowest BCUT2D eigenvalue weighted by Crippen LogP contribution is -2.31. The second-order valence-corrected chi connectivity index (χ2v) is 3.61. The zero-order valence-corrected chi connectivity index (χ0v) is 9.75. The van der Waals surface area contributed by atoms with Crippen molar-refractivity contribution in [1.82, 2.24) is 5.32 Å². The average molecular weight is 222 g/mol. The van der Waals surface area contributed by atoms with E-state index in [1.807, 2.05) is 19.1 Å². The first-order valence-corrected chi connectivity index (χ1v) is 5.27. The van der Waals surface area contributed by atoms with Gasteiger partial charge in [0.2, 0.25) is 5.91 Å². The highest BCUT2D eigenvalue weighted by atomic mass is 16.5. The van der Waals surface area contributed by atoms with E-state index in [4.69, 9.17) is 10.5 Å². The first kappa shape index (κ1) is 12.5. The Morgan fingerprint density at radius 2 is 2.25 bits per heavy atom. The molecule has 0 atom stereocenters. The topological polar surface area (TPSA) is 64.3 Å². The number of methoxy groups -OCH3 is 1. The van der Waals surface area contributed by atoms with Crippen molar-refractivity contribution in [3.8, 4) is 5.75 Å². The Balaban J connectivity index is 2.49. The number of benzene rings is 1. The number of nitrogens with two attached hydrogens (primary N) is 1. The third-order valence-corrected chi connectivity index (χ3v) is 2.38. The lowest BCUT2D eigenvalue weighted by atomic mass is 10.1. The van der Waals surface area contributed by atoms with Crippen molar-refractivity contribution in [2.24, 2.45) is 5.73 Å². The van der Waals surface area contributed by atoms with Gasteiger partial charge in [-0.05, 0) is 30.5 Å². The number of hydrogen-bond donors (Lipinski definition) is 2. The predicted molar refractivity (Wildman–Crippen MR) is 63.5 cm³/mol. The fraction of sp³-hybridized carbons (Fsp3) is 0.417. The smallest absolute Gasteiger partial charge is 0.233 e. The zero-order chi connectivity index (χ0) is 12.0. The first-order chi connectivity index (χ1) is 7.67. The summed E-state index contributed by atoms with van der Waals surface area (Å²) in [4.78, 5) is 10.9. The van der Waals surface area contributed by atoms with Gasteiger partial charge in [0, 0.05) is 6.54 Å². The molecule has 0 spiro atoms. The minimum Gasteiger partial charge on any atom is -0.496 e. The van der Waals surface area contributed by atoms with Crippen LogP contribution in [0, 0.1) is 6.92 Å². The number of nitrogens with one attached hydrogen (secondary N) is 1. The van der Waals surface area contributed by atoms with E-state index < -0.39 is 0 Å². The highest BCUT2D eigenvalue weighted by molar-refractivity contribution is 5.77. The van der Waals surface area contributed by atoms with Crippen LogP contribution in [0.2, 0.25) is 0 Å².